The van der Waals surface area contributed by atoms with Gasteiger partial charge in [-0.2, -0.15) is 5.10 Å². The van der Waals surface area contributed by atoms with Gasteiger partial charge >= 0.3 is 0 Å². The second-order valence-corrected chi connectivity index (χ2v) is 4.75. The first kappa shape index (κ1) is 12.2. The molecule has 19 heavy (non-hydrogen) atoms. The molecule has 4 nitrogen and oxygen atoms in total. The van der Waals surface area contributed by atoms with Gasteiger partial charge in [0.05, 0.1) is 11.4 Å². The average molecular weight is 261 g/mol. The predicted molar refractivity (Wildman–Crippen MR) is 69.5 cm³/mol. The lowest BCUT2D eigenvalue weighted by molar-refractivity contribution is 0.299. The number of benzene rings is 1. The number of aromatic amines is 1. The fourth-order valence-corrected chi connectivity index (χ4v) is 2.29. The summed E-state index contributed by atoms with van der Waals surface area (Å²) in [4.78, 5) is 0. The van der Waals surface area contributed by atoms with Gasteiger partial charge in [0.1, 0.15) is 18.2 Å². The van der Waals surface area contributed by atoms with E-state index in [2.05, 4.69) is 15.5 Å². The Kier molecular flexibility index (Phi) is 3.46. The largest absolute Gasteiger partial charge is 0.487 e. The lowest BCUT2D eigenvalue weighted by atomic mass is 10.1. The Morgan fingerprint density at radius 2 is 2.32 bits per heavy atom. The topological polar surface area (TPSA) is 49.9 Å². The zero-order chi connectivity index (χ0) is 13.1. The minimum absolute atomic E-state index is 0.292. The lowest BCUT2D eigenvalue weighted by Gasteiger charge is -2.04. The van der Waals surface area contributed by atoms with Gasteiger partial charge in [0.2, 0.25) is 0 Å². The number of halogens is 1. The molecule has 2 N–H and O–H groups in total. The second kappa shape index (κ2) is 5.40. The molecule has 100 valence electrons. The highest BCUT2D eigenvalue weighted by Gasteiger charge is 2.19. The SMILES string of the molecule is Fc1cccc(OCc2cc(C3CCNC3)n[nH]2)c1. The zero-order valence-corrected chi connectivity index (χ0v) is 10.5. The number of ether oxygens (including phenoxy) is 1. The van der Waals surface area contributed by atoms with Crippen molar-refractivity contribution in [2.75, 3.05) is 13.1 Å². The van der Waals surface area contributed by atoms with Crippen LogP contribution in [0.5, 0.6) is 5.75 Å². The van der Waals surface area contributed by atoms with Gasteiger partial charge in [-0.25, -0.2) is 4.39 Å². The van der Waals surface area contributed by atoms with Crippen LogP contribution in [-0.4, -0.2) is 23.3 Å². The Morgan fingerprint density at radius 3 is 3.11 bits per heavy atom. The molecule has 0 spiro atoms. The molecule has 1 saturated heterocycles. The number of hydrogen-bond acceptors (Lipinski definition) is 3. The van der Waals surface area contributed by atoms with Crippen molar-refractivity contribution in [1.29, 1.82) is 0 Å². The molecule has 2 aromatic rings. The second-order valence-electron chi connectivity index (χ2n) is 4.75. The Bertz CT molecular complexity index is 549. The van der Waals surface area contributed by atoms with E-state index in [9.17, 15) is 4.39 Å². The van der Waals surface area contributed by atoms with E-state index in [0.717, 1.165) is 30.9 Å². The number of aromatic nitrogens is 2. The maximum absolute atomic E-state index is 13.0. The number of nitrogens with one attached hydrogen (secondary N) is 2. The molecule has 1 atom stereocenters. The van der Waals surface area contributed by atoms with Crippen molar-refractivity contribution in [3.8, 4) is 5.75 Å². The van der Waals surface area contributed by atoms with Crippen molar-refractivity contribution in [1.82, 2.24) is 15.5 Å². The Hall–Kier alpha value is -1.88. The fourth-order valence-electron chi connectivity index (χ4n) is 2.29. The van der Waals surface area contributed by atoms with Crippen LogP contribution < -0.4 is 10.1 Å². The van der Waals surface area contributed by atoms with E-state index in [0.29, 0.717) is 18.3 Å². The summed E-state index contributed by atoms with van der Waals surface area (Å²) in [6.45, 7) is 2.40. The molecule has 0 bridgehead atoms. The number of hydrogen-bond donors (Lipinski definition) is 2. The van der Waals surface area contributed by atoms with Gasteiger partial charge in [-0.05, 0) is 31.2 Å². The van der Waals surface area contributed by atoms with E-state index in [1.807, 2.05) is 6.07 Å². The van der Waals surface area contributed by atoms with Crippen molar-refractivity contribution in [2.24, 2.45) is 0 Å². The molecule has 1 unspecified atom stereocenters. The van der Waals surface area contributed by atoms with Crippen LogP contribution in [-0.2, 0) is 6.61 Å². The van der Waals surface area contributed by atoms with Crippen molar-refractivity contribution in [2.45, 2.75) is 18.9 Å². The maximum atomic E-state index is 13.0. The van der Waals surface area contributed by atoms with Crippen molar-refractivity contribution in [3.05, 3.63) is 47.5 Å². The van der Waals surface area contributed by atoms with Crippen LogP contribution in [0, 0.1) is 5.82 Å². The van der Waals surface area contributed by atoms with Crippen molar-refractivity contribution >= 4 is 0 Å². The fraction of sp³-hybridized carbons (Fsp3) is 0.357. The quantitative estimate of drug-likeness (QED) is 0.887. The summed E-state index contributed by atoms with van der Waals surface area (Å²) in [6, 6.07) is 8.16. The van der Waals surface area contributed by atoms with Gasteiger partial charge in [-0.3, -0.25) is 5.10 Å². The molecule has 1 aliphatic rings. The van der Waals surface area contributed by atoms with Crippen LogP contribution in [0.25, 0.3) is 0 Å². The monoisotopic (exact) mass is 261 g/mol. The molecule has 1 aromatic heterocycles. The van der Waals surface area contributed by atoms with Gasteiger partial charge in [0.25, 0.3) is 0 Å². The summed E-state index contributed by atoms with van der Waals surface area (Å²) in [7, 11) is 0. The first-order valence-corrected chi connectivity index (χ1v) is 6.44. The van der Waals surface area contributed by atoms with Crippen LogP contribution in [0.15, 0.2) is 30.3 Å². The smallest absolute Gasteiger partial charge is 0.130 e. The summed E-state index contributed by atoms with van der Waals surface area (Å²) >= 11 is 0. The van der Waals surface area contributed by atoms with Crippen LogP contribution >= 0.6 is 0 Å². The molecule has 0 aliphatic carbocycles. The molecule has 1 fully saturated rings. The van der Waals surface area contributed by atoms with Crippen LogP contribution in [0.1, 0.15) is 23.7 Å². The van der Waals surface area contributed by atoms with E-state index >= 15 is 0 Å². The zero-order valence-electron chi connectivity index (χ0n) is 10.5. The van der Waals surface area contributed by atoms with Crippen molar-refractivity contribution in [3.63, 3.8) is 0 Å². The maximum Gasteiger partial charge on any atom is 0.130 e. The summed E-state index contributed by atoms with van der Waals surface area (Å²) in [5.41, 5.74) is 1.98. The van der Waals surface area contributed by atoms with Gasteiger partial charge in [-0.1, -0.05) is 6.07 Å². The summed E-state index contributed by atoms with van der Waals surface area (Å²) in [5, 5.41) is 10.6. The molecule has 0 saturated carbocycles. The minimum atomic E-state index is -0.292. The van der Waals surface area contributed by atoms with Gasteiger partial charge in [0.15, 0.2) is 0 Å². The molecule has 1 aliphatic heterocycles. The molecule has 2 heterocycles. The molecule has 0 radical (unpaired) electrons. The highest BCUT2D eigenvalue weighted by Crippen LogP contribution is 2.21. The van der Waals surface area contributed by atoms with Crippen molar-refractivity contribution < 1.29 is 9.13 Å². The Balaban J connectivity index is 1.61. The number of nitrogens with zero attached hydrogens (tertiary/aromatic N) is 1. The Labute approximate surface area is 111 Å². The van der Waals surface area contributed by atoms with E-state index in [4.69, 9.17) is 4.74 Å². The lowest BCUT2D eigenvalue weighted by Crippen LogP contribution is -2.08. The molecule has 3 rings (SSSR count). The van der Waals surface area contributed by atoms with Crippen LogP contribution in [0.4, 0.5) is 4.39 Å². The third-order valence-electron chi connectivity index (χ3n) is 3.32. The van der Waals surface area contributed by atoms with E-state index in [1.54, 1.807) is 12.1 Å². The summed E-state index contributed by atoms with van der Waals surface area (Å²) in [6.07, 6.45) is 1.12. The summed E-state index contributed by atoms with van der Waals surface area (Å²) in [5.74, 6) is 0.720. The first-order chi connectivity index (χ1) is 9.31. The van der Waals surface area contributed by atoms with E-state index < -0.39 is 0 Å². The highest BCUT2D eigenvalue weighted by molar-refractivity contribution is 5.23. The van der Waals surface area contributed by atoms with E-state index in [1.165, 1.54) is 12.1 Å². The third kappa shape index (κ3) is 2.93. The molecule has 5 heteroatoms. The standard InChI is InChI=1S/C14H16FN3O/c15-11-2-1-3-13(6-11)19-9-12-7-14(18-17-12)10-4-5-16-8-10/h1-3,6-7,10,16H,4-5,8-9H2,(H,17,18). The third-order valence-corrected chi connectivity index (χ3v) is 3.32. The first-order valence-electron chi connectivity index (χ1n) is 6.44. The van der Waals surface area contributed by atoms with Gasteiger partial charge < -0.3 is 10.1 Å². The Morgan fingerprint density at radius 1 is 1.37 bits per heavy atom. The molecule has 1 aromatic carbocycles. The van der Waals surface area contributed by atoms with Crippen LogP contribution in [0.2, 0.25) is 0 Å². The van der Waals surface area contributed by atoms with E-state index in [-0.39, 0.29) is 5.82 Å². The number of rotatable bonds is 4. The summed E-state index contributed by atoms with van der Waals surface area (Å²) < 4.78 is 18.5. The van der Waals surface area contributed by atoms with Crippen LogP contribution in [0.3, 0.4) is 0 Å². The van der Waals surface area contributed by atoms with Gasteiger partial charge in [-0.15, -0.1) is 0 Å². The minimum Gasteiger partial charge on any atom is -0.487 e. The van der Waals surface area contributed by atoms with Gasteiger partial charge in [0, 0.05) is 18.5 Å². The molecule has 0 amide bonds. The normalized spacial score (nSPS) is 18.7. The highest BCUT2D eigenvalue weighted by atomic mass is 19.1. The number of H-pyrrole nitrogens is 1. The predicted octanol–water partition coefficient (Wildman–Crippen LogP) is 2.20. The average Bonchev–Trinajstić information content (AvgIpc) is 3.07. The molecular weight excluding hydrogens is 245 g/mol. The molecular formula is C14H16FN3O.